The zero-order valence-corrected chi connectivity index (χ0v) is 13.1. The van der Waals surface area contributed by atoms with E-state index in [0.29, 0.717) is 10.9 Å². The monoisotopic (exact) mass is 344 g/mol. The molecule has 1 aromatic heterocycles. The Balaban J connectivity index is 2.04. The van der Waals surface area contributed by atoms with Crippen LogP contribution in [-0.2, 0) is 24.2 Å². The summed E-state index contributed by atoms with van der Waals surface area (Å²) in [6.45, 7) is -0.380. The van der Waals surface area contributed by atoms with Crippen molar-refractivity contribution in [3.8, 4) is 0 Å². The standard InChI is InChI=1S/C18H14F2N2O3/c19-13-6-3-4-11(17(13)20)8-9-15-21-18(25)12-5-1-2-7-14(12)22(15)10-16(23)24/h1-7H,8-10H2,(H,23,24). The van der Waals surface area contributed by atoms with Gasteiger partial charge in [0.2, 0.25) is 0 Å². The molecule has 0 unspecified atom stereocenters. The van der Waals surface area contributed by atoms with Crippen LogP contribution < -0.4 is 5.56 Å². The van der Waals surface area contributed by atoms with Crippen LogP contribution in [0.4, 0.5) is 8.78 Å². The molecular formula is C18H14F2N2O3. The number of fused-ring (bicyclic) bond motifs is 1. The first-order valence-electron chi connectivity index (χ1n) is 7.60. The van der Waals surface area contributed by atoms with Crippen LogP contribution in [0.1, 0.15) is 11.4 Å². The molecule has 3 aromatic rings. The molecule has 0 atom stereocenters. The lowest BCUT2D eigenvalue weighted by atomic mass is 10.1. The van der Waals surface area contributed by atoms with Gasteiger partial charge < -0.3 is 9.67 Å². The maximum Gasteiger partial charge on any atom is 0.323 e. The van der Waals surface area contributed by atoms with E-state index in [4.69, 9.17) is 5.11 Å². The molecule has 0 bridgehead atoms. The lowest BCUT2D eigenvalue weighted by molar-refractivity contribution is -0.137. The van der Waals surface area contributed by atoms with E-state index in [2.05, 4.69) is 4.98 Å². The number of para-hydroxylation sites is 1. The summed E-state index contributed by atoms with van der Waals surface area (Å²) >= 11 is 0. The van der Waals surface area contributed by atoms with Gasteiger partial charge in [0.05, 0.1) is 10.9 Å². The highest BCUT2D eigenvalue weighted by Crippen LogP contribution is 2.16. The van der Waals surface area contributed by atoms with Crippen LogP contribution in [-0.4, -0.2) is 20.6 Å². The predicted octanol–water partition coefficient (Wildman–Crippen LogP) is 2.54. The fourth-order valence-corrected chi connectivity index (χ4v) is 2.76. The highest BCUT2D eigenvalue weighted by atomic mass is 19.2. The Morgan fingerprint density at radius 3 is 2.60 bits per heavy atom. The summed E-state index contributed by atoms with van der Waals surface area (Å²) in [7, 11) is 0. The minimum Gasteiger partial charge on any atom is -0.480 e. The normalized spacial score (nSPS) is 11.0. The lowest BCUT2D eigenvalue weighted by Gasteiger charge is -2.14. The van der Waals surface area contributed by atoms with Crippen LogP contribution in [0.2, 0.25) is 0 Å². The minimum absolute atomic E-state index is 0.0913. The largest absolute Gasteiger partial charge is 0.480 e. The number of aliphatic carboxylic acids is 1. The Hall–Kier alpha value is -3.09. The fourth-order valence-electron chi connectivity index (χ4n) is 2.76. The van der Waals surface area contributed by atoms with Crippen molar-refractivity contribution in [2.45, 2.75) is 19.4 Å². The average molecular weight is 344 g/mol. The smallest absolute Gasteiger partial charge is 0.323 e. The Morgan fingerprint density at radius 1 is 1.08 bits per heavy atom. The molecule has 0 amide bonds. The Kier molecular flexibility index (Phi) is 4.56. The minimum atomic E-state index is -1.09. The maximum atomic E-state index is 13.8. The van der Waals surface area contributed by atoms with Crippen molar-refractivity contribution in [3.63, 3.8) is 0 Å². The van der Waals surface area contributed by atoms with Crippen LogP contribution in [0.3, 0.4) is 0 Å². The molecule has 0 aliphatic heterocycles. The van der Waals surface area contributed by atoms with Crippen molar-refractivity contribution >= 4 is 16.9 Å². The zero-order valence-electron chi connectivity index (χ0n) is 13.1. The van der Waals surface area contributed by atoms with E-state index in [9.17, 15) is 18.4 Å². The maximum absolute atomic E-state index is 13.8. The summed E-state index contributed by atoms with van der Waals surface area (Å²) in [4.78, 5) is 27.3. The number of halogens is 2. The Labute approximate surface area is 141 Å². The second-order valence-corrected chi connectivity index (χ2v) is 5.54. The molecule has 1 heterocycles. The van der Waals surface area contributed by atoms with E-state index >= 15 is 0 Å². The number of benzene rings is 2. The highest BCUT2D eigenvalue weighted by molar-refractivity contribution is 5.79. The molecule has 7 heteroatoms. The van der Waals surface area contributed by atoms with Crippen molar-refractivity contribution < 1.29 is 18.7 Å². The van der Waals surface area contributed by atoms with Gasteiger partial charge in [0.1, 0.15) is 12.4 Å². The van der Waals surface area contributed by atoms with Gasteiger partial charge in [-0.2, -0.15) is 4.98 Å². The van der Waals surface area contributed by atoms with Gasteiger partial charge in [-0.1, -0.05) is 24.3 Å². The van der Waals surface area contributed by atoms with Gasteiger partial charge in [0.25, 0.3) is 5.56 Å². The van der Waals surface area contributed by atoms with Crippen LogP contribution in [0.15, 0.2) is 47.3 Å². The van der Waals surface area contributed by atoms with Crippen LogP contribution in [0.5, 0.6) is 0 Å². The summed E-state index contributed by atoms with van der Waals surface area (Å²) in [5.74, 6) is -2.77. The second-order valence-electron chi connectivity index (χ2n) is 5.54. The van der Waals surface area contributed by atoms with Crippen molar-refractivity contribution in [2.75, 3.05) is 0 Å². The first-order chi connectivity index (χ1) is 12.0. The molecule has 0 fully saturated rings. The number of nitrogens with zero attached hydrogens (tertiary/aromatic N) is 2. The van der Waals surface area contributed by atoms with E-state index < -0.39 is 23.2 Å². The number of carboxylic acid groups (broad SMARTS) is 1. The molecule has 0 radical (unpaired) electrons. The number of aryl methyl sites for hydroxylation is 2. The number of carbonyl (C=O) groups is 1. The molecule has 5 nitrogen and oxygen atoms in total. The third kappa shape index (κ3) is 3.40. The topological polar surface area (TPSA) is 72.2 Å². The average Bonchev–Trinajstić information content (AvgIpc) is 2.59. The fraction of sp³-hybridized carbons (Fsp3) is 0.167. The van der Waals surface area contributed by atoms with Crippen molar-refractivity contribution in [1.82, 2.24) is 9.55 Å². The van der Waals surface area contributed by atoms with E-state index in [0.717, 1.165) is 6.07 Å². The van der Waals surface area contributed by atoms with E-state index in [-0.39, 0.29) is 30.8 Å². The molecule has 1 N–H and O–H groups in total. The van der Waals surface area contributed by atoms with Gasteiger partial charge in [-0.05, 0) is 30.2 Å². The summed E-state index contributed by atoms with van der Waals surface area (Å²) in [6.07, 6.45) is 0.196. The van der Waals surface area contributed by atoms with Crippen molar-refractivity contribution in [2.24, 2.45) is 0 Å². The summed E-state index contributed by atoms with van der Waals surface area (Å²) < 4.78 is 28.5. The van der Waals surface area contributed by atoms with Gasteiger partial charge in [0, 0.05) is 6.42 Å². The summed E-state index contributed by atoms with van der Waals surface area (Å²) in [5, 5.41) is 9.46. The quantitative estimate of drug-likeness (QED) is 0.772. The van der Waals surface area contributed by atoms with Crippen LogP contribution >= 0.6 is 0 Å². The molecular weight excluding hydrogens is 330 g/mol. The molecule has 0 aliphatic rings. The molecule has 0 saturated carbocycles. The Morgan fingerprint density at radius 2 is 1.84 bits per heavy atom. The summed E-state index contributed by atoms with van der Waals surface area (Å²) in [6, 6.07) is 10.4. The summed E-state index contributed by atoms with van der Waals surface area (Å²) in [5.41, 5.74) is 0.107. The lowest BCUT2D eigenvalue weighted by Crippen LogP contribution is -2.22. The van der Waals surface area contributed by atoms with Gasteiger partial charge in [-0.15, -0.1) is 0 Å². The SMILES string of the molecule is O=C(O)Cn1c(CCc2cccc(F)c2F)nc(=O)c2ccccc21. The molecule has 0 spiro atoms. The first kappa shape index (κ1) is 16.8. The molecule has 0 saturated heterocycles. The van der Waals surface area contributed by atoms with Crippen molar-refractivity contribution in [3.05, 3.63) is 75.8 Å². The Bertz CT molecular complexity index is 1010. The predicted molar refractivity (Wildman–Crippen MR) is 87.4 cm³/mol. The molecule has 128 valence electrons. The number of aromatic nitrogens is 2. The van der Waals surface area contributed by atoms with Gasteiger partial charge in [-0.25, -0.2) is 8.78 Å². The molecule has 0 aliphatic carbocycles. The second kappa shape index (κ2) is 6.80. The third-order valence-corrected chi connectivity index (χ3v) is 3.91. The molecule has 25 heavy (non-hydrogen) atoms. The van der Waals surface area contributed by atoms with Gasteiger partial charge in [0.15, 0.2) is 11.6 Å². The van der Waals surface area contributed by atoms with E-state index in [1.165, 1.54) is 16.7 Å². The highest BCUT2D eigenvalue weighted by Gasteiger charge is 2.14. The number of rotatable bonds is 5. The van der Waals surface area contributed by atoms with Crippen LogP contribution in [0, 0.1) is 11.6 Å². The van der Waals surface area contributed by atoms with Gasteiger partial charge in [-0.3, -0.25) is 9.59 Å². The van der Waals surface area contributed by atoms with Crippen molar-refractivity contribution in [1.29, 1.82) is 0 Å². The molecule has 2 aromatic carbocycles. The van der Waals surface area contributed by atoms with Crippen LogP contribution in [0.25, 0.3) is 10.9 Å². The molecule has 3 rings (SSSR count). The number of hydrogen-bond donors (Lipinski definition) is 1. The zero-order chi connectivity index (χ0) is 18.0. The van der Waals surface area contributed by atoms with E-state index in [1.807, 2.05) is 0 Å². The number of hydrogen-bond acceptors (Lipinski definition) is 3. The van der Waals surface area contributed by atoms with E-state index in [1.54, 1.807) is 24.3 Å². The third-order valence-electron chi connectivity index (χ3n) is 3.91. The van der Waals surface area contributed by atoms with Gasteiger partial charge >= 0.3 is 5.97 Å². The number of carboxylic acids is 1. The first-order valence-corrected chi connectivity index (χ1v) is 7.60.